The topological polar surface area (TPSA) is 71.2 Å². The van der Waals surface area contributed by atoms with E-state index in [9.17, 15) is 9.59 Å². The van der Waals surface area contributed by atoms with Crippen LogP contribution in [0.2, 0.25) is 0 Å². The van der Waals surface area contributed by atoms with Crippen LogP contribution in [0.4, 0.5) is 0 Å². The van der Waals surface area contributed by atoms with Crippen LogP contribution in [0, 0.1) is 5.92 Å². The maximum atomic E-state index is 12.3. The molecule has 0 saturated heterocycles. The highest BCUT2D eigenvalue weighted by molar-refractivity contribution is 5.87. The normalized spacial score (nSPS) is 16.0. The zero-order chi connectivity index (χ0) is 17.6. The second kappa shape index (κ2) is 8.19. The van der Waals surface area contributed by atoms with E-state index in [1.807, 2.05) is 30.5 Å². The van der Waals surface area contributed by atoms with Gasteiger partial charge in [-0.05, 0) is 24.0 Å². The average Bonchev–Trinajstić information content (AvgIpc) is 3.29. The molecule has 1 unspecified atom stereocenters. The van der Waals surface area contributed by atoms with Crippen molar-refractivity contribution in [1.29, 1.82) is 0 Å². The third-order valence-electron chi connectivity index (χ3n) is 5.17. The summed E-state index contributed by atoms with van der Waals surface area (Å²) >= 11 is 0. The van der Waals surface area contributed by atoms with Crippen LogP contribution in [0.25, 0.3) is 10.9 Å². The van der Waals surface area contributed by atoms with Crippen LogP contribution in [-0.2, 0) is 20.7 Å². The Hall–Kier alpha value is -2.30. The Balaban J connectivity index is 1.63. The molecular formula is C20H26N2O3. The molecule has 1 aliphatic carbocycles. The van der Waals surface area contributed by atoms with Crippen LogP contribution in [0.3, 0.4) is 0 Å². The van der Waals surface area contributed by atoms with Gasteiger partial charge in [0.15, 0.2) is 0 Å². The molecule has 134 valence electrons. The van der Waals surface area contributed by atoms with Gasteiger partial charge in [-0.3, -0.25) is 4.79 Å². The first-order valence-electron chi connectivity index (χ1n) is 9.09. The summed E-state index contributed by atoms with van der Waals surface area (Å²) in [5.41, 5.74) is 2.02. The molecule has 1 aliphatic rings. The van der Waals surface area contributed by atoms with Crippen molar-refractivity contribution in [2.24, 2.45) is 5.92 Å². The van der Waals surface area contributed by atoms with Crippen molar-refractivity contribution in [2.45, 2.75) is 51.0 Å². The molecule has 5 heteroatoms. The van der Waals surface area contributed by atoms with E-state index in [1.165, 1.54) is 32.8 Å². The van der Waals surface area contributed by atoms with Gasteiger partial charge in [0.2, 0.25) is 5.91 Å². The van der Waals surface area contributed by atoms with E-state index in [1.54, 1.807) is 0 Å². The van der Waals surface area contributed by atoms with E-state index in [0.717, 1.165) is 22.9 Å². The van der Waals surface area contributed by atoms with E-state index >= 15 is 0 Å². The number of esters is 1. The van der Waals surface area contributed by atoms with Crippen LogP contribution in [-0.4, -0.2) is 30.0 Å². The fourth-order valence-electron chi connectivity index (χ4n) is 3.76. The number of amides is 1. The van der Waals surface area contributed by atoms with Gasteiger partial charge in [-0.2, -0.15) is 0 Å². The SMILES string of the molecule is COC(=O)C(Cc1c[nH]c2ccccc12)NC(=O)CCC1CCCC1. The number of benzene rings is 1. The third kappa shape index (κ3) is 4.41. The molecule has 0 spiro atoms. The maximum absolute atomic E-state index is 12.3. The minimum absolute atomic E-state index is 0.0675. The van der Waals surface area contributed by atoms with Gasteiger partial charge in [-0.1, -0.05) is 43.9 Å². The molecule has 1 aromatic carbocycles. The van der Waals surface area contributed by atoms with E-state index in [0.29, 0.717) is 18.8 Å². The highest BCUT2D eigenvalue weighted by Gasteiger charge is 2.24. The molecule has 2 N–H and O–H groups in total. The summed E-state index contributed by atoms with van der Waals surface area (Å²) in [6.45, 7) is 0. The largest absolute Gasteiger partial charge is 0.467 e. The number of nitrogens with one attached hydrogen (secondary N) is 2. The number of carbonyl (C=O) groups is 2. The molecule has 1 heterocycles. The summed E-state index contributed by atoms with van der Waals surface area (Å²) < 4.78 is 4.89. The quantitative estimate of drug-likeness (QED) is 0.758. The number of aromatic nitrogens is 1. The van der Waals surface area contributed by atoms with Crippen molar-refractivity contribution in [3.05, 3.63) is 36.0 Å². The standard InChI is InChI=1S/C20H26N2O3/c1-25-20(24)18(22-19(23)11-10-14-6-2-3-7-14)12-15-13-21-17-9-5-4-8-16(15)17/h4-5,8-9,13-14,18,21H,2-3,6-7,10-12H2,1H3,(H,22,23). The van der Waals surface area contributed by atoms with Gasteiger partial charge >= 0.3 is 5.97 Å². The number of hydrogen-bond donors (Lipinski definition) is 2. The van der Waals surface area contributed by atoms with Gasteiger partial charge in [0.25, 0.3) is 0 Å². The number of methoxy groups -OCH3 is 1. The number of carbonyl (C=O) groups excluding carboxylic acids is 2. The van der Waals surface area contributed by atoms with E-state index in [2.05, 4.69) is 10.3 Å². The molecule has 3 rings (SSSR count). The van der Waals surface area contributed by atoms with Crippen molar-refractivity contribution < 1.29 is 14.3 Å². The van der Waals surface area contributed by atoms with Crippen molar-refractivity contribution in [1.82, 2.24) is 10.3 Å². The Morgan fingerprint density at radius 2 is 2.04 bits per heavy atom. The minimum atomic E-state index is -0.653. The molecule has 1 fully saturated rings. The molecular weight excluding hydrogens is 316 g/mol. The fraction of sp³-hybridized carbons (Fsp3) is 0.500. The van der Waals surface area contributed by atoms with Gasteiger partial charge in [0, 0.05) is 29.9 Å². The molecule has 1 saturated carbocycles. The zero-order valence-electron chi connectivity index (χ0n) is 14.7. The average molecular weight is 342 g/mol. The molecule has 0 aliphatic heterocycles. The number of para-hydroxylation sites is 1. The molecule has 5 nitrogen and oxygen atoms in total. The van der Waals surface area contributed by atoms with Gasteiger partial charge in [0.05, 0.1) is 7.11 Å². The number of hydrogen-bond acceptors (Lipinski definition) is 3. The smallest absolute Gasteiger partial charge is 0.328 e. The highest BCUT2D eigenvalue weighted by Crippen LogP contribution is 2.28. The molecule has 25 heavy (non-hydrogen) atoms. The van der Waals surface area contributed by atoms with Crippen molar-refractivity contribution in [3.8, 4) is 0 Å². The lowest BCUT2D eigenvalue weighted by Crippen LogP contribution is -2.43. The third-order valence-corrected chi connectivity index (χ3v) is 5.17. The van der Waals surface area contributed by atoms with E-state index in [-0.39, 0.29) is 5.91 Å². The first kappa shape index (κ1) is 17.5. The van der Waals surface area contributed by atoms with Crippen LogP contribution < -0.4 is 5.32 Å². The predicted molar refractivity (Wildman–Crippen MR) is 97.1 cm³/mol. The van der Waals surface area contributed by atoms with Gasteiger partial charge in [0.1, 0.15) is 6.04 Å². The van der Waals surface area contributed by atoms with Gasteiger partial charge < -0.3 is 15.0 Å². The highest BCUT2D eigenvalue weighted by atomic mass is 16.5. The summed E-state index contributed by atoms with van der Waals surface area (Å²) in [6, 6.07) is 7.28. The van der Waals surface area contributed by atoms with Crippen LogP contribution in [0.15, 0.2) is 30.5 Å². The van der Waals surface area contributed by atoms with Crippen molar-refractivity contribution in [3.63, 3.8) is 0 Å². The van der Waals surface area contributed by atoms with Crippen molar-refractivity contribution >= 4 is 22.8 Å². The molecule has 1 atom stereocenters. The summed E-state index contributed by atoms with van der Waals surface area (Å²) in [6.07, 6.45) is 8.71. The van der Waals surface area contributed by atoms with Crippen LogP contribution >= 0.6 is 0 Å². The lowest BCUT2D eigenvalue weighted by molar-refractivity contribution is -0.145. The lowest BCUT2D eigenvalue weighted by atomic mass is 10.0. The fourth-order valence-corrected chi connectivity index (χ4v) is 3.76. The van der Waals surface area contributed by atoms with Crippen LogP contribution in [0.1, 0.15) is 44.1 Å². The maximum Gasteiger partial charge on any atom is 0.328 e. The minimum Gasteiger partial charge on any atom is -0.467 e. The Morgan fingerprint density at radius 1 is 1.28 bits per heavy atom. The summed E-state index contributed by atoms with van der Waals surface area (Å²) in [7, 11) is 1.36. The first-order valence-corrected chi connectivity index (χ1v) is 9.09. The second-order valence-electron chi connectivity index (χ2n) is 6.90. The summed E-state index contributed by atoms with van der Waals surface area (Å²) in [5.74, 6) is 0.192. The number of H-pyrrole nitrogens is 1. The second-order valence-corrected chi connectivity index (χ2v) is 6.90. The van der Waals surface area contributed by atoms with Crippen molar-refractivity contribution in [2.75, 3.05) is 7.11 Å². The summed E-state index contributed by atoms with van der Waals surface area (Å²) in [4.78, 5) is 27.6. The Labute approximate surface area is 148 Å². The first-order chi connectivity index (χ1) is 12.2. The molecule has 0 bridgehead atoms. The van der Waals surface area contributed by atoms with Gasteiger partial charge in [-0.25, -0.2) is 4.79 Å². The van der Waals surface area contributed by atoms with E-state index < -0.39 is 12.0 Å². The number of aromatic amines is 1. The van der Waals surface area contributed by atoms with Crippen LogP contribution in [0.5, 0.6) is 0 Å². The molecule has 1 amide bonds. The monoisotopic (exact) mass is 342 g/mol. The Bertz CT molecular complexity index is 731. The lowest BCUT2D eigenvalue weighted by Gasteiger charge is -2.17. The number of rotatable bonds is 7. The molecule has 2 aromatic rings. The predicted octanol–water partition coefficient (Wildman–Crippen LogP) is 3.34. The summed E-state index contributed by atoms with van der Waals surface area (Å²) in [5, 5.41) is 3.93. The zero-order valence-corrected chi connectivity index (χ0v) is 14.7. The number of ether oxygens (including phenoxy) is 1. The number of fused-ring (bicyclic) bond motifs is 1. The Morgan fingerprint density at radius 3 is 2.80 bits per heavy atom. The molecule has 0 radical (unpaired) electrons. The van der Waals surface area contributed by atoms with E-state index in [4.69, 9.17) is 4.74 Å². The van der Waals surface area contributed by atoms with Gasteiger partial charge in [-0.15, -0.1) is 0 Å². The molecule has 1 aromatic heterocycles. The Kier molecular flexibility index (Phi) is 5.74.